The molecule has 1 aromatic heterocycles. The third-order valence-corrected chi connectivity index (χ3v) is 5.46. The van der Waals surface area contributed by atoms with E-state index in [4.69, 9.17) is 23.2 Å². The molecule has 3 aromatic rings. The van der Waals surface area contributed by atoms with Crippen molar-refractivity contribution in [1.29, 1.82) is 0 Å². The number of aromatic nitrogens is 2. The van der Waals surface area contributed by atoms with Gasteiger partial charge in [0, 0.05) is 30.4 Å². The lowest BCUT2D eigenvalue weighted by atomic mass is 9.97. The zero-order chi connectivity index (χ0) is 19.1. The van der Waals surface area contributed by atoms with Gasteiger partial charge in [-0.05, 0) is 43.2 Å². The third kappa shape index (κ3) is 3.33. The molecule has 0 saturated heterocycles. The number of benzene rings is 2. The Hall–Kier alpha value is -2.37. The van der Waals surface area contributed by atoms with Crippen LogP contribution in [0.4, 0.5) is 4.39 Å². The van der Waals surface area contributed by atoms with E-state index in [9.17, 15) is 4.79 Å². The maximum atomic E-state index is 15.0. The van der Waals surface area contributed by atoms with Crippen molar-refractivity contribution < 1.29 is 9.18 Å². The molecule has 2 heterocycles. The van der Waals surface area contributed by atoms with Crippen LogP contribution in [-0.4, -0.2) is 26.9 Å². The topological polar surface area (TPSA) is 38.1 Å². The van der Waals surface area contributed by atoms with E-state index < -0.39 is 0 Å². The molecular formula is C20H16Cl2FN3O. The number of hydrogen-bond donors (Lipinski definition) is 0. The van der Waals surface area contributed by atoms with Crippen molar-refractivity contribution in [1.82, 2.24) is 14.5 Å². The maximum absolute atomic E-state index is 15.0. The van der Waals surface area contributed by atoms with Gasteiger partial charge in [-0.2, -0.15) is 0 Å². The molecule has 0 saturated carbocycles. The van der Waals surface area contributed by atoms with Crippen molar-refractivity contribution in [3.05, 3.63) is 81.1 Å². The number of rotatable bonds is 3. The number of halogens is 3. The van der Waals surface area contributed by atoms with Crippen LogP contribution >= 0.6 is 23.2 Å². The molecule has 0 N–H and O–H groups in total. The minimum absolute atomic E-state index is 0.186. The molecule has 0 aliphatic carbocycles. The van der Waals surface area contributed by atoms with Crippen molar-refractivity contribution >= 4 is 29.1 Å². The van der Waals surface area contributed by atoms with Gasteiger partial charge in [0.2, 0.25) is 0 Å². The van der Waals surface area contributed by atoms with E-state index in [2.05, 4.69) is 4.98 Å². The zero-order valence-electron chi connectivity index (χ0n) is 14.5. The van der Waals surface area contributed by atoms with Crippen LogP contribution in [0.5, 0.6) is 0 Å². The van der Waals surface area contributed by atoms with E-state index in [1.807, 2.05) is 13.0 Å². The van der Waals surface area contributed by atoms with E-state index >= 15 is 4.39 Å². The summed E-state index contributed by atoms with van der Waals surface area (Å²) in [4.78, 5) is 18.7. The molecular weight excluding hydrogens is 388 g/mol. The van der Waals surface area contributed by atoms with Crippen molar-refractivity contribution in [3.8, 4) is 5.69 Å². The number of aryl methyl sites for hydroxylation is 1. The lowest BCUT2D eigenvalue weighted by Crippen LogP contribution is -2.37. The molecule has 4 nitrogen and oxygen atoms in total. The van der Waals surface area contributed by atoms with Gasteiger partial charge in [-0.1, -0.05) is 29.3 Å². The fraction of sp³-hybridized carbons (Fsp3) is 0.200. The maximum Gasteiger partial charge on any atom is 0.254 e. The molecule has 1 aliphatic heterocycles. The molecule has 0 atom stereocenters. The predicted octanol–water partition coefficient (Wildman–Crippen LogP) is 4.83. The van der Waals surface area contributed by atoms with E-state index in [1.165, 1.54) is 0 Å². The Labute approximate surface area is 166 Å². The Balaban J connectivity index is 1.62. The lowest BCUT2D eigenvalue weighted by molar-refractivity contribution is 0.0725. The third-order valence-electron chi connectivity index (χ3n) is 4.72. The molecule has 0 spiro atoms. The summed E-state index contributed by atoms with van der Waals surface area (Å²) in [6.45, 7) is 2.69. The molecule has 1 amide bonds. The van der Waals surface area contributed by atoms with Crippen LogP contribution in [0.3, 0.4) is 0 Å². The quantitative estimate of drug-likeness (QED) is 0.628. The second-order valence-corrected chi connectivity index (χ2v) is 7.39. The smallest absolute Gasteiger partial charge is 0.254 e. The van der Waals surface area contributed by atoms with E-state index in [1.54, 1.807) is 46.3 Å². The number of fused-ring (bicyclic) bond motifs is 1. The number of amides is 1. The number of carbonyl (C=O) groups is 1. The minimum atomic E-state index is -0.368. The van der Waals surface area contributed by atoms with Crippen LogP contribution < -0.4 is 0 Å². The number of imidazole rings is 1. The number of nitrogens with zero attached hydrogens (tertiary/aromatic N) is 3. The second-order valence-electron chi connectivity index (χ2n) is 6.57. The largest absolute Gasteiger partial charge is 0.334 e. The van der Waals surface area contributed by atoms with Gasteiger partial charge in [-0.25, -0.2) is 9.37 Å². The highest BCUT2D eigenvalue weighted by atomic mass is 35.5. The molecule has 0 bridgehead atoms. The predicted molar refractivity (Wildman–Crippen MR) is 103 cm³/mol. The van der Waals surface area contributed by atoms with Crippen LogP contribution in [0.25, 0.3) is 5.69 Å². The van der Waals surface area contributed by atoms with Gasteiger partial charge in [0.25, 0.3) is 5.91 Å². The van der Waals surface area contributed by atoms with Crippen molar-refractivity contribution in [2.45, 2.75) is 19.9 Å². The number of carbonyl (C=O) groups excluding carboxylic acids is 1. The summed E-state index contributed by atoms with van der Waals surface area (Å²) in [5.41, 5.74) is 2.94. The van der Waals surface area contributed by atoms with Gasteiger partial charge >= 0.3 is 0 Å². The van der Waals surface area contributed by atoms with Gasteiger partial charge < -0.3 is 9.47 Å². The van der Waals surface area contributed by atoms with Crippen LogP contribution in [0.15, 0.2) is 42.9 Å². The fourth-order valence-corrected chi connectivity index (χ4v) is 3.65. The van der Waals surface area contributed by atoms with Gasteiger partial charge in [0.1, 0.15) is 0 Å². The Morgan fingerprint density at radius 3 is 2.70 bits per heavy atom. The summed E-state index contributed by atoms with van der Waals surface area (Å²) >= 11 is 12.0. The molecule has 4 rings (SSSR count). The molecule has 2 aromatic carbocycles. The Kier molecular flexibility index (Phi) is 4.66. The summed E-state index contributed by atoms with van der Waals surface area (Å²) < 4.78 is 16.7. The SMILES string of the molecule is Cc1cn(-c2ccc3c(c2F)CCN(Cc2ccc(Cl)c(Cl)c2)C3=O)cn1. The summed E-state index contributed by atoms with van der Waals surface area (Å²) in [6, 6.07) is 8.60. The average molecular weight is 404 g/mol. The van der Waals surface area contributed by atoms with Crippen molar-refractivity contribution in [2.75, 3.05) is 6.54 Å². The van der Waals surface area contributed by atoms with Gasteiger partial charge in [-0.15, -0.1) is 0 Å². The average Bonchev–Trinajstić information content (AvgIpc) is 3.07. The molecule has 27 heavy (non-hydrogen) atoms. The zero-order valence-corrected chi connectivity index (χ0v) is 16.1. The number of hydrogen-bond acceptors (Lipinski definition) is 2. The summed E-state index contributed by atoms with van der Waals surface area (Å²) in [7, 11) is 0. The first kappa shape index (κ1) is 18.0. The van der Waals surface area contributed by atoms with Crippen LogP contribution in [0, 0.1) is 12.7 Å². The second kappa shape index (κ2) is 6.98. The summed E-state index contributed by atoms with van der Waals surface area (Å²) in [5.74, 6) is -0.554. The highest BCUT2D eigenvalue weighted by molar-refractivity contribution is 6.42. The Bertz CT molecular complexity index is 1050. The molecule has 1 aliphatic rings. The van der Waals surface area contributed by atoms with Crippen molar-refractivity contribution in [3.63, 3.8) is 0 Å². The van der Waals surface area contributed by atoms with Crippen LogP contribution in [0.1, 0.15) is 27.2 Å². The molecule has 138 valence electrons. The first-order valence-corrected chi connectivity index (χ1v) is 9.25. The minimum Gasteiger partial charge on any atom is -0.334 e. The standard InChI is InChI=1S/C20H16Cl2FN3O/c1-12-9-26(11-24-12)18-5-3-15-14(19(18)23)6-7-25(20(15)27)10-13-2-4-16(21)17(22)8-13/h2-5,8-9,11H,6-7,10H2,1H3. The summed E-state index contributed by atoms with van der Waals surface area (Å²) in [5, 5.41) is 0.922. The fourth-order valence-electron chi connectivity index (χ4n) is 3.33. The molecule has 0 radical (unpaired) electrons. The Morgan fingerprint density at radius 2 is 2.00 bits per heavy atom. The highest BCUT2D eigenvalue weighted by Gasteiger charge is 2.28. The monoisotopic (exact) mass is 403 g/mol. The first-order chi connectivity index (χ1) is 12.9. The first-order valence-electron chi connectivity index (χ1n) is 8.49. The van der Waals surface area contributed by atoms with Gasteiger partial charge in [0.05, 0.1) is 27.8 Å². The Morgan fingerprint density at radius 1 is 1.19 bits per heavy atom. The van der Waals surface area contributed by atoms with Crippen LogP contribution in [-0.2, 0) is 13.0 Å². The lowest BCUT2D eigenvalue weighted by Gasteiger charge is -2.29. The molecule has 0 fully saturated rings. The van der Waals surface area contributed by atoms with Crippen LogP contribution in [0.2, 0.25) is 10.0 Å². The van der Waals surface area contributed by atoms with E-state index in [-0.39, 0.29) is 11.7 Å². The van der Waals surface area contributed by atoms with Gasteiger partial charge in [0.15, 0.2) is 5.82 Å². The van der Waals surface area contributed by atoms with Gasteiger partial charge in [-0.3, -0.25) is 4.79 Å². The van der Waals surface area contributed by atoms with E-state index in [0.29, 0.717) is 46.4 Å². The molecule has 0 unspecified atom stereocenters. The molecule has 7 heteroatoms. The van der Waals surface area contributed by atoms with E-state index in [0.717, 1.165) is 11.3 Å². The van der Waals surface area contributed by atoms with Crippen molar-refractivity contribution in [2.24, 2.45) is 0 Å². The summed E-state index contributed by atoms with van der Waals surface area (Å²) in [6.07, 6.45) is 3.78. The normalized spacial score (nSPS) is 13.8. The highest BCUT2D eigenvalue weighted by Crippen LogP contribution is 2.28.